The van der Waals surface area contributed by atoms with Crippen molar-refractivity contribution in [3.05, 3.63) is 85.1 Å². The third kappa shape index (κ3) is 30.4. The van der Waals surface area contributed by atoms with Gasteiger partial charge >= 0.3 is 0 Å². The molecule has 9 heteroatoms. The number of hydrogen-bond acceptors (Lipinski definition) is 8. The van der Waals surface area contributed by atoms with Gasteiger partial charge in [-0.2, -0.15) is 0 Å². The zero-order valence-electron chi connectivity index (χ0n) is 37.7. The molecular weight excluding hydrogens is 755 g/mol. The monoisotopic (exact) mass is 842 g/mol. The van der Waals surface area contributed by atoms with Crippen molar-refractivity contribution in [1.82, 2.24) is 5.32 Å². The molecule has 1 saturated heterocycles. The molecule has 0 aromatic heterocycles. The molecule has 0 aliphatic carbocycles. The van der Waals surface area contributed by atoms with Crippen LogP contribution in [0.2, 0.25) is 0 Å². The Hall–Kier alpha value is -2.63. The normalized spacial score (nSPS) is 21.4. The molecular formula is C51H87NO8. The molecule has 1 amide bonds. The summed E-state index contributed by atoms with van der Waals surface area (Å²) < 4.78 is 11.2. The molecule has 60 heavy (non-hydrogen) atoms. The Balaban J connectivity index is 2.35. The summed E-state index contributed by atoms with van der Waals surface area (Å²) in [6, 6.07) is -0.832. The number of carbonyl (C=O) groups is 1. The van der Waals surface area contributed by atoms with Crippen molar-refractivity contribution in [3.8, 4) is 0 Å². The van der Waals surface area contributed by atoms with E-state index in [1.165, 1.54) is 70.6 Å². The van der Waals surface area contributed by atoms with Gasteiger partial charge < -0.3 is 40.3 Å². The Morgan fingerprint density at radius 3 is 1.60 bits per heavy atom. The van der Waals surface area contributed by atoms with Crippen molar-refractivity contribution in [2.45, 2.75) is 217 Å². The maximum Gasteiger partial charge on any atom is 0.220 e. The minimum atomic E-state index is -1.58. The summed E-state index contributed by atoms with van der Waals surface area (Å²) in [4.78, 5) is 13.0. The molecule has 1 heterocycles. The molecule has 6 N–H and O–H groups in total. The van der Waals surface area contributed by atoms with Crippen molar-refractivity contribution < 1.29 is 39.8 Å². The highest BCUT2D eigenvalue weighted by atomic mass is 16.7. The summed E-state index contributed by atoms with van der Waals surface area (Å²) in [5.41, 5.74) is 0. The van der Waals surface area contributed by atoms with E-state index in [0.717, 1.165) is 83.5 Å². The van der Waals surface area contributed by atoms with Crippen LogP contribution in [0, 0.1) is 0 Å². The van der Waals surface area contributed by atoms with Gasteiger partial charge in [-0.05, 0) is 77.0 Å². The molecule has 0 aromatic carbocycles. The smallest absolute Gasteiger partial charge is 0.220 e. The van der Waals surface area contributed by atoms with Gasteiger partial charge in [0.15, 0.2) is 6.29 Å². The van der Waals surface area contributed by atoms with Crippen molar-refractivity contribution >= 4 is 5.91 Å². The van der Waals surface area contributed by atoms with Crippen molar-refractivity contribution in [2.75, 3.05) is 13.2 Å². The lowest BCUT2D eigenvalue weighted by Crippen LogP contribution is -2.60. The zero-order valence-corrected chi connectivity index (χ0v) is 37.7. The van der Waals surface area contributed by atoms with Crippen LogP contribution in [0.5, 0.6) is 0 Å². The van der Waals surface area contributed by atoms with E-state index >= 15 is 0 Å². The third-order valence-electron chi connectivity index (χ3n) is 10.7. The molecule has 1 aliphatic rings. The number of amides is 1. The van der Waals surface area contributed by atoms with Crippen LogP contribution >= 0.6 is 0 Å². The third-order valence-corrected chi connectivity index (χ3v) is 10.7. The lowest BCUT2D eigenvalue weighted by atomic mass is 9.99. The Morgan fingerprint density at radius 2 is 1.05 bits per heavy atom. The number of hydrogen-bond donors (Lipinski definition) is 6. The fourth-order valence-corrected chi connectivity index (χ4v) is 6.90. The van der Waals surface area contributed by atoms with Gasteiger partial charge in [0.2, 0.25) is 5.91 Å². The quantitative estimate of drug-likeness (QED) is 0.0266. The van der Waals surface area contributed by atoms with Crippen molar-refractivity contribution in [2.24, 2.45) is 0 Å². The van der Waals surface area contributed by atoms with E-state index in [0.29, 0.717) is 6.42 Å². The first kappa shape index (κ1) is 55.4. The van der Waals surface area contributed by atoms with Crippen LogP contribution in [0.1, 0.15) is 174 Å². The van der Waals surface area contributed by atoms with Crippen LogP contribution in [0.15, 0.2) is 85.1 Å². The maximum atomic E-state index is 13.0. The van der Waals surface area contributed by atoms with E-state index < -0.39 is 49.5 Å². The number of ether oxygens (including phenoxy) is 2. The van der Waals surface area contributed by atoms with Crippen LogP contribution in [-0.2, 0) is 14.3 Å². The lowest BCUT2D eigenvalue weighted by molar-refractivity contribution is -0.302. The fourth-order valence-electron chi connectivity index (χ4n) is 6.90. The topological polar surface area (TPSA) is 149 Å². The molecule has 0 bridgehead atoms. The average Bonchev–Trinajstić information content (AvgIpc) is 3.25. The van der Waals surface area contributed by atoms with Crippen LogP contribution in [-0.4, -0.2) is 87.5 Å². The first-order valence-corrected chi connectivity index (χ1v) is 23.8. The van der Waals surface area contributed by atoms with Gasteiger partial charge in [0, 0.05) is 6.42 Å². The number of allylic oxidation sites excluding steroid dienone is 13. The fraction of sp³-hybridized carbons (Fsp3) is 0.706. The molecule has 1 rings (SSSR count). The predicted molar refractivity (Wildman–Crippen MR) is 248 cm³/mol. The number of carbonyl (C=O) groups excluding carboxylic acids is 1. The SMILES string of the molecule is CC/C=C\C/C=C\C/C=C\C/C=C\C/C=C\CCCCCCCCCC(=O)NC(COC1OC(CO)C(O)C(O)C1O)C(O)/C=C/CC/C=C/CCCCCCCCCC. The summed E-state index contributed by atoms with van der Waals surface area (Å²) >= 11 is 0. The first-order chi connectivity index (χ1) is 29.3. The van der Waals surface area contributed by atoms with Gasteiger partial charge in [-0.25, -0.2) is 0 Å². The lowest BCUT2D eigenvalue weighted by Gasteiger charge is -2.40. The Kier molecular flexibility index (Phi) is 37.3. The highest BCUT2D eigenvalue weighted by Crippen LogP contribution is 2.22. The maximum absolute atomic E-state index is 13.0. The molecule has 0 saturated carbocycles. The molecule has 0 spiro atoms. The molecule has 1 fully saturated rings. The van der Waals surface area contributed by atoms with Gasteiger partial charge in [-0.1, -0.05) is 176 Å². The molecule has 1 aliphatic heterocycles. The second kappa shape index (κ2) is 40.4. The van der Waals surface area contributed by atoms with Crippen LogP contribution in [0.3, 0.4) is 0 Å². The number of aliphatic hydroxyl groups is 5. The van der Waals surface area contributed by atoms with Gasteiger partial charge in [0.1, 0.15) is 24.4 Å². The highest BCUT2D eigenvalue weighted by molar-refractivity contribution is 5.76. The zero-order chi connectivity index (χ0) is 43.7. The van der Waals surface area contributed by atoms with Gasteiger partial charge in [0.05, 0.1) is 25.4 Å². The van der Waals surface area contributed by atoms with Gasteiger partial charge in [-0.3, -0.25) is 4.79 Å². The predicted octanol–water partition coefficient (Wildman–Crippen LogP) is 10.3. The van der Waals surface area contributed by atoms with Crippen molar-refractivity contribution in [3.63, 3.8) is 0 Å². The Labute approximate surface area is 365 Å². The molecule has 7 atom stereocenters. The Morgan fingerprint density at radius 1 is 0.583 bits per heavy atom. The number of nitrogens with one attached hydrogen (secondary N) is 1. The molecule has 9 nitrogen and oxygen atoms in total. The van der Waals surface area contributed by atoms with E-state index in [-0.39, 0.29) is 12.5 Å². The largest absolute Gasteiger partial charge is 0.394 e. The van der Waals surface area contributed by atoms with E-state index in [9.17, 15) is 30.3 Å². The summed E-state index contributed by atoms with van der Waals surface area (Å²) in [5, 5.41) is 54.2. The second-order valence-corrected chi connectivity index (χ2v) is 16.2. The van der Waals surface area contributed by atoms with Gasteiger partial charge in [0.25, 0.3) is 0 Å². The second-order valence-electron chi connectivity index (χ2n) is 16.2. The number of aliphatic hydroxyl groups excluding tert-OH is 5. The minimum Gasteiger partial charge on any atom is -0.394 e. The van der Waals surface area contributed by atoms with Crippen LogP contribution in [0.25, 0.3) is 0 Å². The average molecular weight is 842 g/mol. The standard InChI is InChI=1S/C51H87NO8/c1-3-5-7-9-11-13-15-17-19-20-21-22-23-24-25-26-27-29-31-33-35-37-39-41-47(55)52-44(43-59-51-50(58)49(57)48(56)46(42-53)60-51)45(54)40-38-36-34-32-30-28-18-16-14-12-10-8-6-4-2/h5,7,11,13,17,19,21-22,24-25,30,32,38,40,44-46,48-51,53-54,56-58H,3-4,6,8-10,12,14-16,18,20,23,26-29,31,33-37,39,41-43H2,1-2H3,(H,52,55)/b7-5-,13-11-,19-17-,22-21-,25-24-,32-30+,40-38+. The first-order valence-electron chi connectivity index (χ1n) is 23.8. The molecule has 0 radical (unpaired) electrons. The summed E-state index contributed by atoms with van der Waals surface area (Å²) in [6.45, 7) is 3.61. The van der Waals surface area contributed by atoms with E-state index in [4.69, 9.17) is 9.47 Å². The van der Waals surface area contributed by atoms with Crippen molar-refractivity contribution in [1.29, 1.82) is 0 Å². The van der Waals surface area contributed by atoms with E-state index in [2.05, 4.69) is 92.1 Å². The molecule has 344 valence electrons. The number of rotatable bonds is 38. The summed E-state index contributed by atoms with van der Waals surface area (Å²) in [5.74, 6) is -0.203. The molecule has 7 unspecified atom stereocenters. The Bertz CT molecular complexity index is 1210. The van der Waals surface area contributed by atoms with E-state index in [1.807, 2.05) is 6.08 Å². The van der Waals surface area contributed by atoms with E-state index in [1.54, 1.807) is 6.08 Å². The van der Waals surface area contributed by atoms with Crippen LogP contribution in [0.4, 0.5) is 0 Å². The minimum absolute atomic E-state index is 0.203. The summed E-state index contributed by atoms with van der Waals surface area (Å²) in [6.07, 6.45) is 49.1. The highest BCUT2D eigenvalue weighted by Gasteiger charge is 2.44. The number of unbranched alkanes of at least 4 members (excludes halogenated alkanes) is 16. The molecule has 0 aromatic rings. The van der Waals surface area contributed by atoms with Gasteiger partial charge in [-0.15, -0.1) is 0 Å². The van der Waals surface area contributed by atoms with Crippen LogP contribution < -0.4 is 5.32 Å². The summed E-state index contributed by atoms with van der Waals surface area (Å²) in [7, 11) is 0.